The highest BCUT2D eigenvalue weighted by molar-refractivity contribution is 7.99. The van der Waals surface area contributed by atoms with E-state index >= 15 is 0 Å². The summed E-state index contributed by atoms with van der Waals surface area (Å²) in [6, 6.07) is 5.22. The molecule has 0 aliphatic heterocycles. The van der Waals surface area contributed by atoms with Gasteiger partial charge in [0.15, 0.2) is 5.16 Å². The van der Waals surface area contributed by atoms with Crippen LogP contribution in [0.3, 0.4) is 0 Å². The van der Waals surface area contributed by atoms with Crippen LogP contribution in [0, 0.1) is 30.6 Å². The number of aromatic nitrogens is 3. The van der Waals surface area contributed by atoms with E-state index in [1.54, 1.807) is 38.6 Å². The average Bonchev–Trinajstić information content (AvgIpc) is 3.39. The maximum Gasteiger partial charge on any atom is 0.242 e. The van der Waals surface area contributed by atoms with Gasteiger partial charge in [0, 0.05) is 35.6 Å². The van der Waals surface area contributed by atoms with Gasteiger partial charge in [0.25, 0.3) is 0 Å². The van der Waals surface area contributed by atoms with Crippen LogP contribution in [0.25, 0.3) is 11.0 Å². The zero-order valence-electron chi connectivity index (χ0n) is 22.1. The van der Waals surface area contributed by atoms with Gasteiger partial charge >= 0.3 is 0 Å². The van der Waals surface area contributed by atoms with Gasteiger partial charge in [-0.2, -0.15) is 0 Å². The molecular formula is C27H33N3O5S2. The number of fused-ring (bicyclic) bond motifs is 3. The molecule has 2 saturated carbocycles. The van der Waals surface area contributed by atoms with Crippen LogP contribution in [-0.4, -0.2) is 48.1 Å². The van der Waals surface area contributed by atoms with Crippen molar-refractivity contribution in [3.63, 3.8) is 0 Å². The van der Waals surface area contributed by atoms with Crippen LogP contribution in [0.1, 0.15) is 49.9 Å². The first-order valence-electron chi connectivity index (χ1n) is 12.4. The van der Waals surface area contributed by atoms with E-state index in [-0.39, 0.29) is 22.9 Å². The van der Waals surface area contributed by atoms with Crippen LogP contribution in [0.4, 0.5) is 0 Å². The van der Waals surface area contributed by atoms with Crippen molar-refractivity contribution < 1.29 is 22.7 Å². The highest BCUT2D eigenvalue weighted by atomic mass is 32.2. The molecule has 2 aromatic heterocycles. The van der Waals surface area contributed by atoms with E-state index in [1.165, 1.54) is 15.7 Å². The van der Waals surface area contributed by atoms with Gasteiger partial charge in [0.2, 0.25) is 10.0 Å². The van der Waals surface area contributed by atoms with Crippen LogP contribution in [0.5, 0.6) is 11.5 Å². The van der Waals surface area contributed by atoms with Crippen molar-refractivity contribution in [2.75, 3.05) is 20.0 Å². The first-order chi connectivity index (χ1) is 17.4. The van der Waals surface area contributed by atoms with E-state index in [1.807, 2.05) is 13.8 Å². The van der Waals surface area contributed by atoms with E-state index < -0.39 is 15.4 Å². The second-order valence-corrected chi connectivity index (χ2v) is 13.5. The summed E-state index contributed by atoms with van der Waals surface area (Å²) in [7, 11) is -0.779. The predicted octanol–water partition coefficient (Wildman–Crippen LogP) is 4.93. The van der Waals surface area contributed by atoms with Crippen molar-refractivity contribution in [3.8, 4) is 11.5 Å². The minimum atomic E-state index is -3.95. The Kier molecular flexibility index (Phi) is 6.34. The van der Waals surface area contributed by atoms with Crippen molar-refractivity contribution in [2.45, 2.75) is 57.9 Å². The molecule has 3 aromatic rings. The van der Waals surface area contributed by atoms with Gasteiger partial charge in [-0.25, -0.2) is 17.4 Å². The standard InChI is InChI=1S/C27H33N3O5S2/c1-16-13-28-21(17(2)24(16)35-6)14-36-25-29-20-8-7-19(34-5)12-22(20)30(25)37(32,33)15-27-10-9-18(11-23(27)31)26(27,3)4/h7-8,12-13,18H,9-11,14-15H2,1-6H3/t18?,27-/m0/s1. The number of ether oxygens (including phenoxy) is 2. The zero-order chi connectivity index (χ0) is 26.8. The summed E-state index contributed by atoms with van der Waals surface area (Å²) >= 11 is 1.31. The highest BCUT2D eigenvalue weighted by Crippen LogP contribution is 2.64. The van der Waals surface area contributed by atoms with Gasteiger partial charge < -0.3 is 9.47 Å². The molecular weight excluding hydrogens is 510 g/mol. The molecule has 2 bridgehead atoms. The molecule has 37 heavy (non-hydrogen) atoms. The Morgan fingerprint density at radius 3 is 2.57 bits per heavy atom. The molecule has 0 amide bonds. The number of carbonyl (C=O) groups excluding carboxylic acids is 1. The van der Waals surface area contributed by atoms with Crippen LogP contribution in [0.15, 0.2) is 29.6 Å². The van der Waals surface area contributed by atoms with Crippen LogP contribution >= 0.6 is 11.8 Å². The van der Waals surface area contributed by atoms with Gasteiger partial charge in [-0.1, -0.05) is 25.6 Å². The van der Waals surface area contributed by atoms with E-state index in [9.17, 15) is 13.2 Å². The van der Waals surface area contributed by atoms with Crippen molar-refractivity contribution in [2.24, 2.45) is 16.7 Å². The number of methoxy groups -OCH3 is 2. The summed E-state index contributed by atoms with van der Waals surface area (Å²) in [5, 5.41) is 0.346. The second kappa shape index (κ2) is 9.01. The predicted molar refractivity (Wildman–Crippen MR) is 144 cm³/mol. The van der Waals surface area contributed by atoms with Gasteiger partial charge in [-0.05, 0) is 50.2 Å². The fraction of sp³-hybridized carbons (Fsp3) is 0.519. The summed E-state index contributed by atoms with van der Waals surface area (Å²) in [5.41, 5.74) is 2.41. The number of benzene rings is 1. The summed E-state index contributed by atoms with van der Waals surface area (Å²) in [4.78, 5) is 22.4. The number of pyridine rings is 1. The van der Waals surface area contributed by atoms with E-state index in [2.05, 4.69) is 18.8 Å². The van der Waals surface area contributed by atoms with Crippen LogP contribution in [-0.2, 0) is 20.6 Å². The summed E-state index contributed by atoms with van der Waals surface area (Å²) in [6.45, 7) is 7.99. The third-order valence-corrected chi connectivity index (χ3v) is 11.6. The van der Waals surface area contributed by atoms with Crippen molar-refractivity contribution in [3.05, 3.63) is 41.2 Å². The number of hydrogen-bond donors (Lipinski definition) is 0. The normalized spacial score (nSPS) is 22.6. The number of aryl methyl sites for hydroxylation is 1. The second-order valence-electron chi connectivity index (χ2n) is 10.8. The lowest BCUT2D eigenvalue weighted by molar-refractivity contribution is -0.128. The minimum absolute atomic E-state index is 0.0695. The third-order valence-electron chi connectivity index (χ3n) is 8.73. The Bertz CT molecular complexity index is 1510. The topological polar surface area (TPSA) is 100 Å². The molecule has 10 heteroatoms. The SMILES string of the molecule is COc1ccc2nc(SCc3ncc(C)c(OC)c3C)n(S(=O)(=O)C[C@@]34CCC(CC3=O)C4(C)C)c2c1. The Labute approximate surface area is 222 Å². The Balaban J connectivity index is 1.58. The molecule has 1 unspecified atom stereocenters. The largest absolute Gasteiger partial charge is 0.497 e. The molecule has 2 atom stereocenters. The highest BCUT2D eigenvalue weighted by Gasteiger charge is 2.65. The molecule has 8 nitrogen and oxygen atoms in total. The lowest BCUT2D eigenvalue weighted by Gasteiger charge is -2.36. The van der Waals surface area contributed by atoms with E-state index in [4.69, 9.17) is 14.5 Å². The number of imidazole rings is 1. The molecule has 0 spiro atoms. The van der Waals surface area contributed by atoms with E-state index in [0.29, 0.717) is 40.5 Å². The number of Topliss-reactive ketones (excluding diaryl/α,β-unsaturated/α-hetero) is 1. The molecule has 198 valence electrons. The summed E-state index contributed by atoms with van der Waals surface area (Å²) < 4.78 is 40.7. The fourth-order valence-corrected chi connectivity index (χ4v) is 9.92. The van der Waals surface area contributed by atoms with Crippen LogP contribution in [0.2, 0.25) is 0 Å². The monoisotopic (exact) mass is 543 g/mol. The number of nitrogens with zero attached hydrogens (tertiary/aromatic N) is 3. The van der Waals surface area contributed by atoms with Crippen LogP contribution < -0.4 is 9.47 Å². The lowest BCUT2D eigenvalue weighted by atomic mass is 9.70. The van der Waals surface area contributed by atoms with Gasteiger partial charge in [0.05, 0.1) is 42.1 Å². The number of ketones is 1. The first-order valence-corrected chi connectivity index (χ1v) is 15.0. The molecule has 2 fully saturated rings. The summed E-state index contributed by atoms with van der Waals surface area (Å²) in [5.74, 6) is 1.80. The van der Waals surface area contributed by atoms with Crippen molar-refractivity contribution in [1.29, 1.82) is 0 Å². The van der Waals surface area contributed by atoms with E-state index in [0.717, 1.165) is 29.0 Å². The average molecular weight is 544 g/mol. The van der Waals surface area contributed by atoms with Crippen molar-refractivity contribution in [1.82, 2.24) is 13.9 Å². The first kappa shape index (κ1) is 26.0. The van der Waals surface area contributed by atoms with Gasteiger partial charge in [-0.3, -0.25) is 9.78 Å². The third kappa shape index (κ3) is 3.94. The smallest absolute Gasteiger partial charge is 0.242 e. The number of hydrogen-bond acceptors (Lipinski definition) is 8. The molecule has 2 aliphatic carbocycles. The molecule has 2 heterocycles. The van der Waals surface area contributed by atoms with Crippen molar-refractivity contribution >= 4 is 38.6 Å². The Morgan fingerprint density at radius 2 is 1.95 bits per heavy atom. The molecule has 5 rings (SSSR count). The molecule has 2 aliphatic rings. The number of thioether (sulfide) groups is 1. The Hall–Kier alpha value is -2.59. The molecule has 0 radical (unpaired) electrons. The maximum atomic E-state index is 14.2. The molecule has 0 saturated heterocycles. The molecule has 1 aromatic carbocycles. The maximum absolute atomic E-state index is 14.2. The summed E-state index contributed by atoms with van der Waals surface area (Å²) in [6.07, 6.45) is 3.71. The number of carbonyl (C=O) groups is 1. The quantitative estimate of drug-likeness (QED) is 0.369. The minimum Gasteiger partial charge on any atom is -0.497 e. The van der Waals surface area contributed by atoms with Gasteiger partial charge in [0.1, 0.15) is 17.3 Å². The fourth-order valence-electron chi connectivity index (χ4n) is 6.33. The molecule has 0 N–H and O–H groups in total. The Morgan fingerprint density at radius 1 is 1.19 bits per heavy atom. The van der Waals surface area contributed by atoms with Gasteiger partial charge in [-0.15, -0.1) is 0 Å². The number of rotatable bonds is 8. The lowest BCUT2D eigenvalue weighted by Crippen LogP contribution is -2.43. The zero-order valence-corrected chi connectivity index (χ0v) is 23.8.